The van der Waals surface area contributed by atoms with E-state index in [9.17, 15) is 4.79 Å². The summed E-state index contributed by atoms with van der Waals surface area (Å²) in [4.78, 5) is 10.7. The number of hydrogen-bond donors (Lipinski definition) is 0. The number of ether oxygens (including phenoxy) is 3. The first-order valence-electron chi connectivity index (χ1n) is 3.84. The first-order valence-corrected chi connectivity index (χ1v) is 3.84. The van der Waals surface area contributed by atoms with E-state index in [1.54, 1.807) is 18.2 Å². The van der Waals surface area contributed by atoms with Gasteiger partial charge in [-0.25, -0.2) is 0 Å². The molecule has 1 aromatic carbocycles. The van der Waals surface area contributed by atoms with Crippen molar-refractivity contribution in [2.24, 2.45) is 0 Å². The lowest BCUT2D eigenvalue weighted by atomic mass is 10.3. The van der Waals surface area contributed by atoms with Crippen molar-refractivity contribution in [2.75, 3.05) is 6.79 Å². The molecule has 1 aliphatic heterocycles. The lowest BCUT2D eigenvalue weighted by Gasteiger charge is -2.03. The third-order valence-electron chi connectivity index (χ3n) is 1.61. The molecule has 1 aromatic rings. The fourth-order valence-electron chi connectivity index (χ4n) is 1.14. The molecular formula is C9H8O4. The molecule has 4 heteroatoms. The van der Waals surface area contributed by atoms with Crippen LogP contribution in [0.2, 0.25) is 0 Å². The molecule has 0 atom stereocenters. The number of benzene rings is 1. The minimum Gasteiger partial charge on any atom is -0.453 e. The minimum atomic E-state index is -0.371. The maximum Gasteiger partial charge on any atom is 0.308 e. The topological polar surface area (TPSA) is 44.8 Å². The van der Waals surface area contributed by atoms with Crippen LogP contribution in [-0.2, 0) is 4.79 Å². The molecule has 0 fully saturated rings. The second kappa shape index (κ2) is 2.97. The Morgan fingerprint density at radius 1 is 1.46 bits per heavy atom. The van der Waals surface area contributed by atoms with Crippen molar-refractivity contribution < 1.29 is 19.0 Å². The van der Waals surface area contributed by atoms with Crippen LogP contribution in [0.5, 0.6) is 17.2 Å². The van der Waals surface area contributed by atoms with Crippen LogP contribution >= 0.6 is 0 Å². The van der Waals surface area contributed by atoms with Crippen molar-refractivity contribution in [3.63, 3.8) is 0 Å². The molecule has 1 heterocycles. The summed E-state index contributed by atoms with van der Waals surface area (Å²) in [5.41, 5.74) is 0. The molecule has 2 rings (SSSR count). The SMILES string of the molecule is CC(=O)Oc1cccc2c1OCO2. The van der Waals surface area contributed by atoms with Crippen LogP contribution < -0.4 is 14.2 Å². The lowest BCUT2D eigenvalue weighted by molar-refractivity contribution is -0.132. The van der Waals surface area contributed by atoms with Gasteiger partial charge in [-0.1, -0.05) is 6.07 Å². The average molecular weight is 180 g/mol. The second-order valence-electron chi connectivity index (χ2n) is 2.58. The van der Waals surface area contributed by atoms with Gasteiger partial charge in [0, 0.05) is 6.92 Å². The fraction of sp³-hybridized carbons (Fsp3) is 0.222. The van der Waals surface area contributed by atoms with Crippen molar-refractivity contribution in [3.8, 4) is 17.2 Å². The molecule has 0 spiro atoms. The molecule has 4 nitrogen and oxygen atoms in total. The molecule has 68 valence electrons. The first kappa shape index (κ1) is 7.91. The minimum absolute atomic E-state index is 0.174. The van der Waals surface area contributed by atoms with Crippen LogP contribution in [0.15, 0.2) is 18.2 Å². The molecule has 0 unspecified atom stereocenters. The third-order valence-corrected chi connectivity index (χ3v) is 1.61. The number of para-hydroxylation sites is 1. The van der Waals surface area contributed by atoms with E-state index in [0.29, 0.717) is 17.2 Å². The summed E-state index contributed by atoms with van der Waals surface area (Å²) in [7, 11) is 0. The summed E-state index contributed by atoms with van der Waals surface area (Å²) in [5, 5.41) is 0. The molecule has 0 saturated carbocycles. The van der Waals surface area contributed by atoms with Crippen LogP contribution in [0.3, 0.4) is 0 Å². The van der Waals surface area contributed by atoms with Crippen LogP contribution in [0.25, 0.3) is 0 Å². The zero-order valence-corrected chi connectivity index (χ0v) is 7.07. The Labute approximate surface area is 75.0 Å². The smallest absolute Gasteiger partial charge is 0.308 e. The van der Waals surface area contributed by atoms with Gasteiger partial charge in [-0.2, -0.15) is 0 Å². The Morgan fingerprint density at radius 3 is 3.08 bits per heavy atom. The highest BCUT2D eigenvalue weighted by atomic mass is 16.7. The predicted molar refractivity (Wildman–Crippen MR) is 43.9 cm³/mol. The number of hydrogen-bond acceptors (Lipinski definition) is 4. The molecular weight excluding hydrogens is 172 g/mol. The Morgan fingerprint density at radius 2 is 2.31 bits per heavy atom. The summed E-state index contributed by atoms with van der Waals surface area (Å²) in [6, 6.07) is 5.16. The maximum absolute atomic E-state index is 10.7. The average Bonchev–Trinajstić information content (AvgIpc) is 2.51. The summed E-state index contributed by atoms with van der Waals surface area (Å²) in [5.74, 6) is 1.14. The molecule has 0 bridgehead atoms. The zero-order chi connectivity index (χ0) is 9.26. The molecule has 0 amide bonds. The van der Waals surface area contributed by atoms with Gasteiger partial charge in [0.05, 0.1) is 0 Å². The monoisotopic (exact) mass is 180 g/mol. The zero-order valence-electron chi connectivity index (χ0n) is 7.07. The summed E-state index contributed by atoms with van der Waals surface area (Å²) in [6.07, 6.45) is 0. The second-order valence-corrected chi connectivity index (χ2v) is 2.58. The van der Waals surface area contributed by atoms with Gasteiger partial charge >= 0.3 is 5.97 Å². The van der Waals surface area contributed by atoms with Gasteiger partial charge in [0.15, 0.2) is 11.5 Å². The van der Waals surface area contributed by atoms with Crippen molar-refractivity contribution in [1.82, 2.24) is 0 Å². The summed E-state index contributed by atoms with van der Waals surface area (Å²) >= 11 is 0. The molecule has 0 aliphatic carbocycles. The quantitative estimate of drug-likeness (QED) is 0.483. The Kier molecular flexibility index (Phi) is 1.81. The van der Waals surface area contributed by atoms with E-state index in [4.69, 9.17) is 14.2 Å². The molecule has 13 heavy (non-hydrogen) atoms. The van der Waals surface area contributed by atoms with Crippen molar-refractivity contribution in [1.29, 1.82) is 0 Å². The number of esters is 1. The maximum atomic E-state index is 10.7. The van der Waals surface area contributed by atoms with Crippen LogP contribution in [0.4, 0.5) is 0 Å². The highest BCUT2D eigenvalue weighted by molar-refractivity contribution is 5.71. The van der Waals surface area contributed by atoms with Crippen molar-refractivity contribution in [3.05, 3.63) is 18.2 Å². The molecule has 1 aliphatic rings. The molecule has 0 radical (unpaired) electrons. The van der Waals surface area contributed by atoms with E-state index in [1.165, 1.54) is 6.92 Å². The van der Waals surface area contributed by atoms with Gasteiger partial charge in [0.1, 0.15) is 0 Å². The van der Waals surface area contributed by atoms with Gasteiger partial charge in [-0.3, -0.25) is 4.79 Å². The van der Waals surface area contributed by atoms with Crippen LogP contribution in [-0.4, -0.2) is 12.8 Å². The summed E-state index contributed by atoms with van der Waals surface area (Å²) < 4.78 is 15.2. The van der Waals surface area contributed by atoms with E-state index in [1.807, 2.05) is 0 Å². The Balaban J connectivity index is 2.36. The third kappa shape index (κ3) is 1.42. The van der Waals surface area contributed by atoms with Crippen LogP contribution in [0.1, 0.15) is 6.92 Å². The van der Waals surface area contributed by atoms with E-state index in [0.717, 1.165) is 0 Å². The van der Waals surface area contributed by atoms with Gasteiger partial charge in [-0.05, 0) is 12.1 Å². The molecule has 0 saturated heterocycles. The fourth-order valence-corrected chi connectivity index (χ4v) is 1.14. The van der Waals surface area contributed by atoms with Gasteiger partial charge in [0.25, 0.3) is 0 Å². The number of carbonyl (C=O) groups excluding carboxylic acids is 1. The van der Waals surface area contributed by atoms with Gasteiger partial charge in [0.2, 0.25) is 12.5 Å². The van der Waals surface area contributed by atoms with Gasteiger partial charge < -0.3 is 14.2 Å². The van der Waals surface area contributed by atoms with Gasteiger partial charge in [-0.15, -0.1) is 0 Å². The van der Waals surface area contributed by atoms with E-state index < -0.39 is 0 Å². The Bertz CT molecular complexity index is 345. The Hall–Kier alpha value is -1.71. The lowest BCUT2D eigenvalue weighted by Crippen LogP contribution is -2.02. The largest absolute Gasteiger partial charge is 0.453 e. The molecule has 0 aromatic heterocycles. The number of rotatable bonds is 1. The number of fused-ring (bicyclic) bond motifs is 1. The summed E-state index contributed by atoms with van der Waals surface area (Å²) in [6.45, 7) is 1.52. The van der Waals surface area contributed by atoms with Crippen molar-refractivity contribution >= 4 is 5.97 Å². The van der Waals surface area contributed by atoms with E-state index in [2.05, 4.69) is 0 Å². The van der Waals surface area contributed by atoms with E-state index >= 15 is 0 Å². The number of carbonyl (C=O) groups is 1. The predicted octanol–water partition coefficient (Wildman–Crippen LogP) is 1.34. The highest BCUT2D eigenvalue weighted by Crippen LogP contribution is 2.40. The standard InChI is InChI=1S/C9H8O4/c1-6(10)13-8-4-2-3-7-9(8)12-5-11-7/h2-4H,5H2,1H3. The first-order chi connectivity index (χ1) is 6.27. The normalized spacial score (nSPS) is 12.7. The van der Waals surface area contributed by atoms with Crippen molar-refractivity contribution in [2.45, 2.75) is 6.92 Å². The highest BCUT2D eigenvalue weighted by Gasteiger charge is 2.18. The van der Waals surface area contributed by atoms with E-state index in [-0.39, 0.29) is 12.8 Å². The molecule has 0 N–H and O–H groups in total. The van der Waals surface area contributed by atoms with Crippen LogP contribution in [0, 0.1) is 0 Å².